The molecule has 1 amide bonds. The van der Waals surface area contributed by atoms with Crippen LogP contribution in [0.4, 0.5) is 0 Å². The molecule has 138 valence electrons. The summed E-state index contributed by atoms with van der Waals surface area (Å²) in [5, 5.41) is 4.77. The van der Waals surface area contributed by atoms with Gasteiger partial charge in [-0.05, 0) is 50.3 Å². The molecule has 27 heavy (non-hydrogen) atoms. The Morgan fingerprint density at radius 2 is 1.78 bits per heavy atom. The van der Waals surface area contributed by atoms with Gasteiger partial charge in [0.15, 0.2) is 5.11 Å². The molecule has 0 atom stereocenters. The van der Waals surface area contributed by atoms with Crippen LogP contribution in [0.15, 0.2) is 54.6 Å². The van der Waals surface area contributed by atoms with Crippen molar-refractivity contribution in [3.05, 3.63) is 65.2 Å². The number of para-hydroxylation sites is 1. The molecule has 0 radical (unpaired) electrons. The van der Waals surface area contributed by atoms with Crippen LogP contribution in [0.25, 0.3) is 22.2 Å². The molecule has 7 heteroatoms. The van der Waals surface area contributed by atoms with Crippen molar-refractivity contribution >= 4 is 45.7 Å². The minimum Gasteiger partial charge on any atom is -0.359 e. The lowest BCUT2D eigenvalue weighted by atomic mass is 10.0. The lowest BCUT2D eigenvalue weighted by Gasteiger charge is -2.15. The minimum absolute atomic E-state index is 0.167. The minimum atomic E-state index is -0.295. The van der Waals surface area contributed by atoms with Gasteiger partial charge in [0.2, 0.25) is 0 Å². The van der Waals surface area contributed by atoms with Crippen LogP contribution in [-0.2, 0) is 0 Å². The molecular formula is C20H19ClN4OS. The fourth-order valence-electron chi connectivity index (χ4n) is 2.61. The molecule has 3 rings (SSSR count). The lowest BCUT2D eigenvalue weighted by molar-refractivity contribution is 0.0945. The van der Waals surface area contributed by atoms with E-state index in [1.54, 1.807) is 18.2 Å². The third-order valence-corrected chi connectivity index (χ3v) is 4.28. The van der Waals surface area contributed by atoms with E-state index in [9.17, 15) is 4.79 Å². The van der Waals surface area contributed by atoms with Crippen LogP contribution in [-0.4, -0.2) is 22.0 Å². The number of nitrogens with one attached hydrogen (secondary N) is 3. The van der Waals surface area contributed by atoms with Crippen molar-refractivity contribution in [3.8, 4) is 11.3 Å². The lowest BCUT2D eigenvalue weighted by Crippen LogP contribution is -2.48. The average molecular weight is 399 g/mol. The molecule has 0 aliphatic rings. The maximum absolute atomic E-state index is 12.8. The van der Waals surface area contributed by atoms with Crippen molar-refractivity contribution in [1.29, 1.82) is 0 Å². The van der Waals surface area contributed by atoms with Gasteiger partial charge >= 0.3 is 0 Å². The number of fused-ring (bicyclic) bond motifs is 1. The van der Waals surface area contributed by atoms with Crippen molar-refractivity contribution in [1.82, 2.24) is 21.2 Å². The van der Waals surface area contributed by atoms with Crippen LogP contribution in [0.2, 0.25) is 5.02 Å². The molecular weight excluding hydrogens is 380 g/mol. The number of hydrogen-bond donors (Lipinski definition) is 3. The van der Waals surface area contributed by atoms with Crippen molar-refractivity contribution in [2.24, 2.45) is 0 Å². The zero-order chi connectivity index (χ0) is 19.4. The van der Waals surface area contributed by atoms with E-state index in [0.717, 1.165) is 16.5 Å². The monoisotopic (exact) mass is 398 g/mol. The molecule has 0 unspecified atom stereocenters. The Morgan fingerprint density at radius 3 is 2.48 bits per heavy atom. The Labute approximate surface area is 168 Å². The van der Waals surface area contributed by atoms with E-state index in [1.165, 1.54) is 0 Å². The molecule has 0 aliphatic carbocycles. The van der Waals surface area contributed by atoms with Gasteiger partial charge in [0, 0.05) is 22.0 Å². The number of rotatable bonds is 3. The summed E-state index contributed by atoms with van der Waals surface area (Å²) in [5.74, 6) is -0.295. The van der Waals surface area contributed by atoms with E-state index in [4.69, 9.17) is 23.8 Å². The number of hydrazine groups is 1. The predicted octanol–water partition coefficient (Wildman–Crippen LogP) is 4.07. The first-order valence-corrected chi connectivity index (χ1v) is 9.25. The Bertz CT molecular complexity index is 989. The fraction of sp³-hybridized carbons (Fsp3) is 0.150. The molecule has 3 aromatic rings. The summed E-state index contributed by atoms with van der Waals surface area (Å²) < 4.78 is 0. The number of carbonyl (C=O) groups is 1. The number of amides is 1. The zero-order valence-corrected chi connectivity index (χ0v) is 16.5. The smallest absolute Gasteiger partial charge is 0.270 e. The topological polar surface area (TPSA) is 66.0 Å². The normalized spacial score (nSPS) is 10.7. The molecule has 0 saturated heterocycles. The van der Waals surface area contributed by atoms with E-state index in [2.05, 4.69) is 21.2 Å². The molecule has 0 aliphatic heterocycles. The first kappa shape index (κ1) is 19.1. The summed E-state index contributed by atoms with van der Waals surface area (Å²) in [5.41, 5.74) is 8.18. The molecule has 0 fully saturated rings. The van der Waals surface area contributed by atoms with Crippen LogP contribution in [0.5, 0.6) is 0 Å². The Kier molecular flexibility index (Phi) is 5.88. The SMILES string of the molecule is CC(C)NC(=S)NNC(=O)c1cc(-c2ccc(Cl)cc2)nc2ccccc12. The molecule has 5 nitrogen and oxygen atoms in total. The van der Waals surface area contributed by atoms with Crippen LogP contribution >= 0.6 is 23.8 Å². The van der Waals surface area contributed by atoms with Gasteiger partial charge in [-0.1, -0.05) is 41.9 Å². The van der Waals surface area contributed by atoms with Crippen molar-refractivity contribution < 1.29 is 4.79 Å². The maximum Gasteiger partial charge on any atom is 0.270 e. The van der Waals surface area contributed by atoms with Crippen LogP contribution < -0.4 is 16.2 Å². The Morgan fingerprint density at radius 1 is 1.07 bits per heavy atom. The molecule has 2 aromatic carbocycles. The van der Waals surface area contributed by atoms with Crippen molar-refractivity contribution in [3.63, 3.8) is 0 Å². The highest BCUT2D eigenvalue weighted by Gasteiger charge is 2.14. The van der Waals surface area contributed by atoms with Gasteiger partial charge in [-0.25, -0.2) is 4.98 Å². The van der Waals surface area contributed by atoms with Gasteiger partial charge in [-0.2, -0.15) is 0 Å². The highest BCUT2D eigenvalue weighted by atomic mass is 35.5. The number of aromatic nitrogens is 1. The standard InChI is InChI=1S/C20H19ClN4OS/c1-12(2)22-20(27)25-24-19(26)16-11-18(13-7-9-14(21)10-8-13)23-17-6-4-3-5-15(16)17/h3-12H,1-2H3,(H,24,26)(H2,22,25,27). The number of benzene rings is 2. The van der Waals surface area contributed by atoms with E-state index < -0.39 is 0 Å². The van der Waals surface area contributed by atoms with E-state index >= 15 is 0 Å². The highest BCUT2D eigenvalue weighted by molar-refractivity contribution is 7.80. The van der Waals surface area contributed by atoms with Crippen LogP contribution in [0.1, 0.15) is 24.2 Å². The van der Waals surface area contributed by atoms with Gasteiger partial charge in [-0.3, -0.25) is 15.6 Å². The summed E-state index contributed by atoms with van der Waals surface area (Å²) >= 11 is 11.1. The van der Waals surface area contributed by atoms with Gasteiger partial charge in [0.1, 0.15) is 0 Å². The molecule has 1 heterocycles. The largest absolute Gasteiger partial charge is 0.359 e. The molecule has 3 N–H and O–H groups in total. The third-order valence-electron chi connectivity index (χ3n) is 3.81. The predicted molar refractivity (Wildman–Crippen MR) is 114 cm³/mol. The average Bonchev–Trinajstić information content (AvgIpc) is 2.65. The third kappa shape index (κ3) is 4.72. The van der Waals surface area contributed by atoms with Gasteiger partial charge in [0.05, 0.1) is 16.8 Å². The molecule has 0 spiro atoms. The van der Waals surface area contributed by atoms with E-state index in [-0.39, 0.29) is 11.9 Å². The van der Waals surface area contributed by atoms with E-state index in [1.807, 2.05) is 50.2 Å². The van der Waals surface area contributed by atoms with Gasteiger partial charge in [-0.15, -0.1) is 0 Å². The number of pyridine rings is 1. The van der Waals surface area contributed by atoms with Gasteiger partial charge < -0.3 is 5.32 Å². The summed E-state index contributed by atoms with van der Waals surface area (Å²) in [4.78, 5) is 17.4. The summed E-state index contributed by atoms with van der Waals surface area (Å²) in [6.45, 7) is 3.93. The summed E-state index contributed by atoms with van der Waals surface area (Å²) in [6, 6.07) is 16.8. The fourth-order valence-corrected chi connectivity index (χ4v) is 3.02. The van der Waals surface area contributed by atoms with Gasteiger partial charge in [0.25, 0.3) is 5.91 Å². The number of halogens is 1. The second-order valence-corrected chi connectivity index (χ2v) is 7.13. The number of carbonyl (C=O) groups excluding carboxylic acids is 1. The quantitative estimate of drug-likeness (QED) is 0.458. The summed E-state index contributed by atoms with van der Waals surface area (Å²) in [7, 11) is 0. The number of thiocarbonyl (C=S) groups is 1. The first-order valence-electron chi connectivity index (χ1n) is 8.46. The molecule has 1 aromatic heterocycles. The molecule has 0 saturated carbocycles. The van der Waals surface area contributed by atoms with Crippen molar-refractivity contribution in [2.45, 2.75) is 19.9 Å². The first-order chi connectivity index (χ1) is 12.9. The number of hydrogen-bond acceptors (Lipinski definition) is 3. The van der Waals surface area contributed by atoms with Crippen LogP contribution in [0, 0.1) is 0 Å². The zero-order valence-electron chi connectivity index (χ0n) is 14.9. The highest BCUT2D eigenvalue weighted by Crippen LogP contribution is 2.25. The Balaban J connectivity index is 1.94. The summed E-state index contributed by atoms with van der Waals surface area (Å²) in [6.07, 6.45) is 0. The van der Waals surface area contributed by atoms with E-state index in [0.29, 0.717) is 21.4 Å². The van der Waals surface area contributed by atoms with Crippen LogP contribution in [0.3, 0.4) is 0 Å². The number of nitrogens with zero attached hydrogens (tertiary/aromatic N) is 1. The Hall–Kier alpha value is -2.70. The second kappa shape index (κ2) is 8.33. The molecule has 0 bridgehead atoms. The van der Waals surface area contributed by atoms with Crippen molar-refractivity contribution in [2.75, 3.05) is 0 Å². The second-order valence-electron chi connectivity index (χ2n) is 6.29. The maximum atomic E-state index is 12.8.